The molecule has 0 radical (unpaired) electrons. The highest BCUT2D eigenvalue weighted by molar-refractivity contribution is 7.85. The Kier molecular flexibility index (Phi) is 6.68. The molecule has 2 N–H and O–H groups in total. The van der Waals surface area contributed by atoms with Gasteiger partial charge in [0.2, 0.25) is 5.71 Å². The van der Waals surface area contributed by atoms with Crippen LogP contribution in [0.15, 0.2) is 52.5 Å². The van der Waals surface area contributed by atoms with E-state index in [1.807, 2.05) is 18.2 Å². The van der Waals surface area contributed by atoms with Crippen LogP contribution in [0.5, 0.6) is 11.5 Å². The first kappa shape index (κ1) is 21.3. The van der Waals surface area contributed by atoms with Crippen molar-refractivity contribution in [3.8, 4) is 23.6 Å². The van der Waals surface area contributed by atoms with E-state index >= 15 is 0 Å². The summed E-state index contributed by atoms with van der Waals surface area (Å²) in [7, 11) is -4.45. The molecular weight excluding hydrogens is 404 g/mol. The maximum Gasteiger partial charge on any atom is 0.294 e. The van der Waals surface area contributed by atoms with Crippen molar-refractivity contribution in [3.05, 3.63) is 48.0 Å². The molecule has 1 aliphatic carbocycles. The van der Waals surface area contributed by atoms with Crippen LogP contribution < -0.4 is 10.2 Å². The largest absolute Gasteiger partial charge is 0.455 e. The van der Waals surface area contributed by atoms with Gasteiger partial charge in [0.05, 0.1) is 10.6 Å². The zero-order valence-corrected chi connectivity index (χ0v) is 16.9. The quantitative estimate of drug-likeness (QED) is 0.393. The second-order valence-corrected chi connectivity index (χ2v) is 8.33. The third-order valence-corrected chi connectivity index (χ3v) is 5.78. The molecule has 1 saturated carbocycles. The predicted octanol–water partition coefficient (Wildman–Crippen LogP) is 4.59. The summed E-state index contributed by atoms with van der Waals surface area (Å²) in [6.07, 6.45) is 5.60. The lowest BCUT2D eigenvalue weighted by Crippen LogP contribution is -2.07. The van der Waals surface area contributed by atoms with E-state index in [1.165, 1.54) is 24.6 Å². The Bertz CT molecular complexity index is 1120. The van der Waals surface area contributed by atoms with Crippen LogP contribution in [0.1, 0.15) is 43.6 Å². The van der Waals surface area contributed by atoms with E-state index in [1.54, 1.807) is 18.2 Å². The van der Waals surface area contributed by atoms with Gasteiger partial charge in [0.25, 0.3) is 10.1 Å². The standard InChI is InChI=1S/C21H20N4O4S/c22-13-16(14-23)24-25-19-11-10-17(30(26,27)28)12-21(19)29-20-9-5-4-8-18(20)15-6-2-1-3-7-15/h4-5,8-12,15,25H,1-3,6-7H2,(H,26,27,28). The Balaban J connectivity index is 2.01. The Labute approximate surface area is 175 Å². The highest BCUT2D eigenvalue weighted by Gasteiger charge is 2.21. The fraction of sp³-hybridized carbons (Fsp3) is 0.286. The highest BCUT2D eigenvalue weighted by atomic mass is 32.2. The van der Waals surface area contributed by atoms with E-state index in [-0.39, 0.29) is 16.3 Å². The number of ether oxygens (including phenoxy) is 1. The number of hydrogen-bond acceptors (Lipinski definition) is 7. The van der Waals surface area contributed by atoms with Crippen molar-refractivity contribution in [1.82, 2.24) is 0 Å². The van der Waals surface area contributed by atoms with Crippen LogP contribution >= 0.6 is 0 Å². The Morgan fingerprint density at radius 1 is 1.07 bits per heavy atom. The first-order valence-corrected chi connectivity index (χ1v) is 10.9. The summed E-state index contributed by atoms with van der Waals surface area (Å²) in [4.78, 5) is -0.344. The summed E-state index contributed by atoms with van der Waals surface area (Å²) in [5.41, 5.74) is 3.42. The van der Waals surface area contributed by atoms with Gasteiger partial charge in [-0.05, 0) is 42.5 Å². The fourth-order valence-corrected chi connectivity index (χ4v) is 3.97. The lowest BCUT2D eigenvalue weighted by atomic mass is 9.84. The van der Waals surface area contributed by atoms with E-state index in [0.717, 1.165) is 31.2 Å². The zero-order valence-electron chi connectivity index (χ0n) is 16.1. The third kappa shape index (κ3) is 5.15. The molecule has 1 fully saturated rings. The van der Waals surface area contributed by atoms with Crippen LogP contribution in [0.4, 0.5) is 5.69 Å². The number of hydrogen-bond donors (Lipinski definition) is 2. The van der Waals surface area contributed by atoms with E-state index in [4.69, 9.17) is 15.3 Å². The molecule has 30 heavy (non-hydrogen) atoms. The van der Waals surface area contributed by atoms with Crippen LogP contribution in [0, 0.1) is 22.7 Å². The maximum atomic E-state index is 11.6. The molecule has 154 valence electrons. The topological polar surface area (TPSA) is 136 Å². The molecule has 2 aromatic carbocycles. The molecule has 2 aromatic rings. The maximum absolute atomic E-state index is 11.6. The van der Waals surface area contributed by atoms with E-state index in [9.17, 15) is 13.0 Å². The van der Waals surface area contributed by atoms with Crippen molar-refractivity contribution in [2.45, 2.75) is 42.9 Å². The molecule has 0 atom stereocenters. The van der Waals surface area contributed by atoms with Crippen LogP contribution in [0.2, 0.25) is 0 Å². The molecule has 0 amide bonds. The van der Waals surface area contributed by atoms with E-state index in [2.05, 4.69) is 10.5 Å². The summed E-state index contributed by atoms with van der Waals surface area (Å²) in [6, 6.07) is 14.5. The average Bonchev–Trinajstić information content (AvgIpc) is 2.75. The molecule has 8 nitrogen and oxygen atoms in total. The minimum atomic E-state index is -4.45. The van der Waals surface area contributed by atoms with Gasteiger partial charge >= 0.3 is 0 Å². The number of hydrazone groups is 1. The number of benzene rings is 2. The lowest BCUT2D eigenvalue weighted by molar-refractivity contribution is 0.419. The molecule has 0 bridgehead atoms. The van der Waals surface area contributed by atoms with Gasteiger partial charge in [0.1, 0.15) is 17.9 Å². The monoisotopic (exact) mass is 424 g/mol. The molecule has 3 rings (SSSR count). The SMILES string of the molecule is N#CC(C#N)=NNc1ccc(S(=O)(=O)O)cc1Oc1ccccc1C1CCCCC1. The summed E-state index contributed by atoms with van der Waals surface area (Å²) in [6.45, 7) is 0. The average molecular weight is 424 g/mol. The molecule has 1 aliphatic rings. The molecular formula is C21H20N4O4S. The second kappa shape index (κ2) is 9.40. The number of nitriles is 2. The zero-order chi connectivity index (χ0) is 21.6. The summed E-state index contributed by atoms with van der Waals surface area (Å²) < 4.78 is 38.6. The predicted molar refractivity (Wildman–Crippen MR) is 111 cm³/mol. The number of rotatable bonds is 6. The highest BCUT2D eigenvalue weighted by Crippen LogP contribution is 2.40. The third-order valence-electron chi connectivity index (χ3n) is 4.93. The van der Waals surface area contributed by atoms with Crippen molar-refractivity contribution in [2.24, 2.45) is 5.10 Å². The van der Waals surface area contributed by atoms with E-state index < -0.39 is 15.8 Å². The number of nitrogens with one attached hydrogen (secondary N) is 1. The van der Waals surface area contributed by atoms with Gasteiger partial charge in [0.15, 0.2) is 5.75 Å². The normalized spacial score (nSPS) is 14.2. The first-order chi connectivity index (χ1) is 14.4. The second-order valence-electron chi connectivity index (χ2n) is 6.90. The van der Waals surface area contributed by atoms with Gasteiger partial charge in [-0.1, -0.05) is 37.5 Å². The van der Waals surface area contributed by atoms with Crippen LogP contribution in [-0.4, -0.2) is 18.7 Å². The van der Waals surface area contributed by atoms with Gasteiger partial charge in [0, 0.05) is 6.07 Å². The van der Waals surface area contributed by atoms with Crippen LogP contribution in [-0.2, 0) is 10.1 Å². The lowest BCUT2D eigenvalue weighted by Gasteiger charge is -2.24. The van der Waals surface area contributed by atoms with E-state index in [0.29, 0.717) is 11.7 Å². The Morgan fingerprint density at radius 2 is 1.77 bits per heavy atom. The summed E-state index contributed by atoms with van der Waals surface area (Å²) in [5, 5.41) is 21.4. The molecule has 0 spiro atoms. The van der Waals surface area contributed by atoms with Gasteiger partial charge in [-0.25, -0.2) is 0 Å². The first-order valence-electron chi connectivity index (χ1n) is 9.44. The minimum Gasteiger partial charge on any atom is -0.455 e. The molecule has 0 unspecified atom stereocenters. The Morgan fingerprint density at radius 3 is 2.43 bits per heavy atom. The van der Waals surface area contributed by atoms with Crippen molar-refractivity contribution in [2.75, 3.05) is 5.43 Å². The molecule has 9 heteroatoms. The van der Waals surface area contributed by atoms with Crippen molar-refractivity contribution >= 4 is 21.5 Å². The molecule has 0 heterocycles. The molecule has 0 aromatic heterocycles. The van der Waals surface area contributed by atoms with Gasteiger partial charge < -0.3 is 4.74 Å². The number of anilines is 1. The number of para-hydroxylation sites is 1. The van der Waals surface area contributed by atoms with Gasteiger partial charge in [-0.15, -0.1) is 0 Å². The van der Waals surface area contributed by atoms with Crippen molar-refractivity contribution in [3.63, 3.8) is 0 Å². The van der Waals surface area contributed by atoms with Crippen LogP contribution in [0.25, 0.3) is 0 Å². The fourth-order valence-electron chi connectivity index (χ4n) is 3.47. The van der Waals surface area contributed by atoms with Crippen LogP contribution in [0.3, 0.4) is 0 Å². The Hall–Kier alpha value is -3.40. The minimum absolute atomic E-state index is 0.0902. The van der Waals surface area contributed by atoms with Crippen molar-refractivity contribution < 1.29 is 17.7 Å². The summed E-state index contributed by atoms with van der Waals surface area (Å²) >= 11 is 0. The van der Waals surface area contributed by atoms with Gasteiger partial charge in [-0.2, -0.15) is 24.0 Å². The molecule has 0 saturated heterocycles. The smallest absolute Gasteiger partial charge is 0.294 e. The molecule has 0 aliphatic heterocycles. The summed E-state index contributed by atoms with van der Waals surface area (Å²) in [5.74, 6) is 1.01. The van der Waals surface area contributed by atoms with Crippen molar-refractivity contribution in [1.29, 1.82) is 10.5 Å². The van der Waals surface area contributed by atoms with Gasteiger partial charge in [-0.3, -0.25) is 9.98 Å². The number of nitrogens with zero attached hydrogens (tertiary/aromatic N) is 3.